The number of nitrogens with one attached hydrogen (secondary N) is 1. The van der Waals surface area contributed by atoms with Crippen LogP contribution in [0.25, 0.3) is 10.7 Å². The van der Waals surface area contributed by atoms with Gasteiger partial charge in [0.25, 0.3) is 0 Å². The van der Waals surface area contributed by atoms with Crippen molar-refractivity contribution in [2.24, 2.45) is 5.92 Å². The summed E-state index contributed by atoms with van der Waals surface area (Å²) in [6.45, 7) is 11.8. The van der Waals surface area contributed by atoms with E-state index in [0.29, 0.717) is 12.0 Å². The van der Waals surface area contributed by atoms with E-state index in [0.717, 1.165) is 23.7 Å². The molecule has 0 amide bonds. The molecule has 3 nitrogen and oxygen atoms in total. The Bertz CT molecular complexity index is 587. The number of rotatable bonds is 6. The Morgan fingerprint density at radius 3 is 2.62 bits per heavy atom. The molecule has 0 radical (unpaired) electrons. The average Bonchev–Trinajstić information content (AvgIpc) is 2.78. The normalized spacial score (nSPS) is 11.6. The second-order valence-corrected chi connectivity index (χ2v) is 7.32. The first-order chi connectivity index (χ1) is 9.95. The van der Waals surface area contributed by atoms with Gasteiger partial charge in [0.15, 0.2) is 0 Å². The maximum absolute atomic E-state index is 4.86. The van der Waals surface area contributed by atoms with Crippen molar-refractivity contribution in [2.45, 2.75) is 53.6 Å². The Balaban J connectivity index is 2.30. The largest absolute Gasteiger partial charge is 0.310 e. The van der Waals surface area contributed by atoms with Gasteiger partial charge in [0.2, 0.25) is 0 Å². The van der Waals surface area contributed by atoms with Crippen LogP contribution in [0.1, 0.15) is 43.8 Å². The van der Waals surface area contributed by atoms with Gasteiger partial charge in [-0.05, 0) is 37.0 Å². The third-order valence-electron chi connectivity index (χ3n) is 3.19. The van der Waals surface area contributed by atoms with E-state index in [2.05, 4.69) is 51.0 Å². The lowest BCUT2D eigenvalue weighted by molar-refractivity contribution is 0.581. The minimum atomic E-state index is 0.486. The molecule has 0 unspecified atom stereocenters. The number of hydrogen-bond acceptors (Lipinski definition) is 4. The van der Waals surface area contributed by atoms with Gasteiger partial charge in [-0.3, -0.25) is 4.98 Å². The minimum Gasteiger partial charge on any atom is -0.310 e. The van der Waals surface area contributed by atoms with Crippen LogP contribution in [0, 0.1) is 12.8 Å². The van der Waals surface area contributed by atoms with Gasteiger partial charge in [0.05, 0.1) is 11.4 Å². The number of aryl methyl sites for hydroxylation is 1. The Hall–Kier alpha value is -1.26. The van der Waals surface area contributed by atoms with Gasteiger partial charge in [0, 0.05) is 23.7 Å². The van der Waals surface area contributed by atoms with E-state index >= 15 is 0 Å². The third-order valence-corrected chi connectivity index (χ3v) is 4.31. The second kappa shape index (κ2) is 7.14. The lowest BCUT2D eigenvalue weighted by Gasteiger charge is -2.08. The predicted octanol–water partition coefficient (Wildman–Crippen LogP) is 4.21. The van der Waals surface area contributed by atoms with Gasteiger partial charge in [-0.2, -0.15) is 0 Å². The van der Waals surface area contributed by atoms with E-state index in [1.54, 1.807) is 11.3 Å². The summed E-state index contributed by atoms with van der Waals surface area (Å²) in [6.07, 6.45) is 2.89. The van der Waals surface area contributed by atoms with Crippen molar-refractivity contribution < 1.29 is 0 Å². The molecule has 0 aliphatic heterocycles. The molecular formula is C17H25N3S. The van der Waals surface area contributed by atoms with Crippen molar-refractivity contribution in [1.29, 1.82) is 0 Å². The zero-order valence-corrected chi connectivity index (χ0v) is 14.4. The zero-order valence-electron chi connectivity index (χ0n) is 13.6. The summed E-state index contributed by atoms with van der Waals surface area (Å²) in [5.74, 6) is 0.614. The van der Waals surface area contributed by atoms with Gasteiger partial charge in [-0.1, -0.05) is 27.7 Å². The van der Waals surface area contributed by atoms with Crippen molar-refractivity contribution >= 4 is 11.3 Å². The van der Waals surface area contributed by atoms with Crippen LogP contribution >= 0.6 is 11.3 Å². The molecule has 0 spiro atoms. The monoisotopic (exact) mass is 303 g/mol. The smallest absolute Gasteiger partial charge is 0.142 e. The van der Waals surface area contributed by atoms with Gasteiger partial charge in [0.1, 0.15) is 5.01 Å². The van der Waals surface area contributed by atoms with E-state index in [1.807, 2.05) is 12.3 Å². The highest BCUT2D eigenvalue weighted by Crippen LogP contribution is 2.28. The summed E-state index contributed by atoms with van der Waals surface area (Å²) in [6, 6.07) is 4.62. The maximum atomic E-state index is 4.86. The fraction of sp³-hybridized carbons (Fsp3) is 0.529. The van der Waals surface area contributed by atoms with Crippen LogP contribution in [-0.2, 0) is 13.0 Å². The average molecular weight is 303 g/mol. The molecule has 0 aliphatic rings. The Morgan fingerprint density at radius 2 is 2.00 bits per heavy atom. The lowest BCUT2D eigenvalue weighted by atomic mass is 10.1. The van der Waals surface area contributed by atoms with E-state index in [-0.39, 0.29) is 0 Å². The molecule has 21 heavy (non-hydrogen) atoms. The maximum Gasteiger partial charge on any atom is 0.142 e. The number of hydrogen-bond donors (Lipinski definition) is 1. The summed E-state index contributed by atoms with van der Waals surface area (Å²) in [4.78, 5) is 10.7. The van der Waals surface area contributed by atoms with E-state index in [9.17, 15) is 0 Å². The fourth-order valence-corrected chi connectivity index (χ4v) is 3.13. The topological polar surface area (TPSA) is 37.8 Å². The molecular weight excluding hydrogens is 278 g/mol. The van der Waals surface area contributed by atoms with E-state index in [1.165, 1.54) is 16.1 Å². The van der Waals surface area contributed by atoms with Gasteiger partial charge < -0.3 is 5.32 Å². The van der Waals surface area contributed by atoms with Crippen molar-refractivity contribution in [3.63, 3.8) is 0 Å². The molecule has 0 saturated carbocycles. The third kappa shape index (κ3) is 4.61. The van der Waals surface area contributed by atoms with E-state index in [4.69, 9.17) is 4.98 Å². The highest BCUT2D eigenvalue weighted by molar-refractivity contribution is 7.15. The molecule has 1 N–H and O–H groups in total. The predicted molar refractivity (Wildman–Crippen MR) is 90.6 cm³/mol. The standard InChI is InChI=1S/C17H25N3S/c1-11(2)8-14-16(10-19-12(3)4)21-17(20-14)15-9-13(5)6-7-18-15/h6-7,9,11-12,19H,8,10H2,1-5H3. The Morgan fingerprint density at radius 1 is 1.24 bits per heavy atom. The van der Waals surface area contributed by atoms with Crippen molar-refractivity contribution in [2.75, 3.05) is 0 Å². The first-order valence-electron chi connectivity index (χ1n) is 7.60. The summed E-state index contributed by atoms with van der Waals surface area (Å²) in [5, 5.41) is 4.54. The second-order valence-electron chi connectivity index (χ2n) is 6.24. The summed E-state index contributed by atoms with van der Waals surface area (Å²) in [7, 11) is 0. The number of pyridine rings is 1. The molecule has 2 rings (SSSR count). The van der Waals surface area contributed by atoms with Crippen LogP contribution in [0.5, 0.6) is 0 Å². The molecule has 0 aromatic carbocycles. The van der Waals surface area contributed by atoms with Crippen LogP contribution in [0.3, 0.4) is 0 Å². The van der Waals surface area contributed by atoms with Crippen molar-refractivity contribution in [3.8, 4) is 10.7 Å². The molecule has 0 bridgehead atoms. The highest BCUT2D eigenvalue weighted by atomic mass is 32.1. The van der Waals surface area contributed by atoms with Gasteiger partial charge in [-0.15, -0.1) is 11.3 Å². The van der Waals surface area contributed by atoms with E-state index < -0.39 is 0 Å². The molecule has 114 valence electrons. The first-order valence-corrected chi connectivity index (χ1v) is 8.42. The summed E-state index contributed by atoms with van der Waals surface area (Å²) in [5.41, 5.74) is 3.43. The number of nitrogens with zero attached hydrogens (tertiary/aromatic N) is 2. The number of thiazole rings is 1. The first kappa shape index (κ1) is 16.1. The van der Waals surface area contributed by atoms with Crippen LogP contribution in [0.15, 0.2) is 18.3 Å². The van der Waals surface area contributed by atoms with Crippen LogP contribution < -0.4 is 5.32 Å². The van der Waals surface area contributed by atoms with Crippen LogP contribution in [0.2, 0.25) is 0 Å². The van der Waals surface area contributed by atoms with Gasteiger partial charge >= 0.3 is 0 Å². The van der Waals surface area contributed by atoms with Crippen LogP contribution in [0.4, 0.5) is 0 Å². The Kier molecular flexibility index (Phi) is 5.48. The van der Waals surface area contributed by atoms with Gasteiger partial charge in [-0.25, -0.2) is 4.98 Å². The molecule has 2 heterocycles. The molecule has 0 atom stereocenters. The summed E-state index contributed by atoms with van der Waals surface area (Å²) >= 11 is 1.77. The van der Waals surface area contributed by atoms with Crippen molar-refractivity contribution in [1.82, 2.24) is 15.3 Å². The fourth-order valence-electron chi connectivity index (χ4n) is 2.13. The molecule has 0 aliphatic carbocycles. The molecule has 2 aromatic rings. The molecule has 4 heteroatoms. The van der Waals surface area contributed by atoms with Crippen molar-refractivity contribution in [3.05, 3.63) is 34.5 Å². The Labute approximate surface area is 131 Å². The quantitative estimate of drug-likeness (QED) is 0.868. The SMILES string of the molecule is Cc1ccnc(-c2nc(CC(C)C)c(CNC(C)C)s2)c1. The van der Waals surface area contributed by atoms with Crippen LogP contribution in [-0.4, -0.2) is 16.0 Å². The molecule has 0 saturated heterocycles. The minimum absolute atomic E-state index is 0.486. The number of aromatic nitrogens is 2. The highest BCUT2D eigenvalue weighted by Gasteiger charge is 2.14. The molecule has 0 fully saturated rings. The lowest BCUT2D eigenvalue weighted by Crippen LogP contribution is -2.22. The zero-order chi connectivity index (χ0) is 15.4. The molecule has 2 aromatic heterocycles. The summed E-state index contributed by atoms with van der Waals surface area (Å²) < 4.78 is 0.